The van der Waals surface area contributed by atoms with E-state index in [9.17, 15) is 4.79 Å². The van der Waals surface area contributed by atoms with Gasteiger partial charge in [0.15, 0.2) is 0 Å². The number of carbonyl (C=O) groups excluding carboxylic acids is 1. The summed E-state index contributed by atoms with van der Waals surface area (Å²) in [5, 5.41) is 11.7. The lowest BCUT2D eigenvalue weighted by Crippen LogP contribution is -2.44. The number of nitrogens with one attached hydrogen (secondary N) is 1. The van der Waals surface area contributed by atoms with Crippen LogP contribution in [0, 0.1) is 5.92 Å². The Balaban J connectivity index is 3.58. The summed E-state index contributed by atoms with van der Waals surface area (Å²) in [6.45, 7) is 6.45. The Morgan fingerprint density at radius 2 is 1.93 bits per heavy atom. The van der Waals surface area contributed by atoms with Gasteiger partial charge in [-0.3, -0.25) is 4.79 Å². The number of aliphatic hydroxyl groups excluding tert-OH is 1. The Labute approximate surface area is 92.9 Å². The van der Waals surface area contributed by atoms with Crippen LogP contribution in [0.25, 0.3) is 0 Å². The molecule has 0 saturated carbocycles. The van der Waals surface area contributed by atoms with E-state index in [0.717, 1.165) is 30.5 Å². The van der Waals surface area contributed by atoms with Gasteiger partial charge in [0.25, 0.3) is 0 Å². The molecule has 0 bridgehead atoms. The van der Waals surface area contributed by atoms with Crippen molar-refractivity contribution in [3.63, 3.8) is 0 Å². The van der Waals surface area contributed by atoms with Crippen LogP contribution in [0.3, 0.4) is 0 Å². The molecule has 90 valence electrons. The fraction of sp³-hybridized carbons (Fsp3) is 0.909. The molecule has 15 heavy (non-hydrogen) atoms. The Kier molecular flexibility index (Phi) is 6.52. The van der Waals surface area contributed by atoms with Crippen molar-refractivity contribution >= 4 is 5.91 Å². The molecular weight excluding hydrogens is 192 g/mol. The molecule has 0 aromatic heterocycles. The van der Waals surface area contributed by atoms with Crippen LogP contribution < -0.4 is 5.32 Å². The van der Waals surface area contributed by atoms with Gasteiger partial charge in [-0.1, -0.05) is 13.8 Å². The molecule has 0 saturated heterocycles. The van der Waals surface area contributed by atoms with Gasteiger partial charge >= 0.3 is 0 Å². The van der Waals surface area contributed by atoms with Crippen LogP contribution in [0.1, 0.15) is 20.3 Å². The third kappa shape index (κ3) is 7.33. The van der Waals surface area contributed by atoms with E-state index in [1.165, 1.54) is 0 Å². The van der Waals surface area contributed by atoms with Crippen molar-refractivity contribution in [1.29, 1.82) is 0 Å². The highest BCUT2D eigenvalue weighted by atomic mass is 16.3. The summed E-state index contributed by atoms with van der Waals surface area (Å²) in [5.41, 5.74) is 0. The molecule has 0 atom stereocenters. The van der Waals surface area contributed by atoms with Crippen molar-refractivity contribution in [1.82, 2.24) is 5.32 Å². The number of hydrogen-bond donors (Lipinski definition) is 2. The summed E-state index contributed by atoms with van der Waals surface area (Å²) in [6.07, 6.45) is 0.950. The molecule has 0 spiro atoms. The standard InChI is InChI=1S/C11H24N2O2/c1-10(2)11(15)12-6-5-7-13(3,4)8-9-14/h10,14H,5-9H2,1-4H3/p+1. The second kappa shape index (κ2) is 6.80. The van der Waals surface area contributed by atoms with E-state index in [1.807, 2.05) is 13.8 Å². The second-order valence-electron chi connectivity index (χ2n) is 4.91. The van der Waals surface area contributed by atoms with Gasteiger partial charge in [-0.2, -0.15) is 0 Å². The number of amides is 1. The maximum Gasteiger partial charge on any atom is 0.222 e. The van der Waals surface area contributed by atoms with E-state index in [-0.39, 0.29) is 18.4 Å². The largest absolute Gasteiger partial charge is 0.391 e. The summed E-state index contributed by atoms with van der Waals surface area (Å²) >= 11 is 0. The summed E-state index contributed by atoms with van der Waals surface area (Å²) in [4.78, 5) is 11.2. The second-order valence-corrected chi connectivity index (χ2v) is 4.91. The first kappa shape index (κ1) is 14.4. The minimum absolute atomic E-state index is 0.0601. The van der Waals surface area contributed by atoms with Gasteiger partial charge in [0, 0.05) is 18.9 Å². The lowest BCUT2D eigenvalue weighted by molar-refractivity contribution is -0.890. The highest BCUT2D eigenvalue weighted by molar-refractivity contribution is 5.77. The number of hydrogen-bond acceptors (Lipinski definition) is 2. The average Bonchev–Trinajstić information content (AvgIpc) is 2.11. The summed E-state index contributed by atoms with van der Waals surface area (Å²) in [5.74, 6) is 0.174. The Bertz CT molecular complexity index is 191. The zero-order valence-electron chi connectivity index (χ0n) is 10.4. The number of likely N-dealkylation sites (N-methyl/N-ethyl adjacent to an activating group) is 1. The van der Waals surface area contributed by atoms with Crippen LogP contribution in [0.4, 0.5) is 0 Å². The molecule has 4 heteroatoms. The van der Waals surface area contributed by atoms with Crippen LogP contribution in [-0.2, 0) is 4.79 Å². The Morgan fingerprint density at radius 1 is 1.33 bits per heavy atom. The molecule has 0 aromatic carbocycles. The zero-order chi connectivity index (χ0) is 11.9. The fourth-order valence-electron chi connectivity index (χ4n) is 1.31. The predicted octanol–water partition coefficient (Wildman–Crippen LogP) is 0.217. The third-order valence-electron chi connectivity index (χ3n) is 2.47. The molecule has 0 heterocycles. The van der Waals surface area contributed by atoms with Gasteiger partial charge in [0.2, 0.25) is 5.91 Å². The van der Waals surface area contributed by atoms with E-state index >= 15 is 0 Å². The molecule has 0 aliphatic rings. The molecular formula is C11H25N2O2+. The van der Waals surface area contributed by atoms with E-state index in [4.69, 9.17) is 5.11 Å². The van der Waals surface area contributed by atoms with Gasteiger partial charge in [0.05, 0.1) is 27.2 Å². The van der Waals surface area contributed by atoms with Crippen molar-refractivity contribution < 1.29 is 14.4 Å². The van der Waals surface area contributed by atoms with Crippen molar-refractivity contribution in [2.75, 3.05) is 40.3 Å². The summed E-state index contributed by atoms with van der Waals surface area (Å²) < 4.78 is 0.800. The fourth-order valence-corrected chi connectivity index (χ4v) is 1.31. The highest BCUT2D eigenvalue weighted by Gasteiger charge is 2.13. The predicted molar refractivity (Wildman–Crippen MR) is 61.4 cm³/mol. The lowest BCUT2D eigenvalue weighted by atomic mass is 10.2. The van der Waals surface area contributed by atoms with Crippen LogP contribution in [-0.4, -0.2) is 55.8 Å². The smallest absolute Gasteiger partial charge is 0.222 e. The molecule has 0 radical (unpaired) electrons. The molecule has 0 fully saturated rings. The summed E-state index contributed by atoms with van der Waals surface area (Å²) in [6, 6.07) is 0. The Morgan fingerprint density at radius 3 is 2.40 bits per heavy atom. The first-order valence-corrected chi connectivity index (χ1v) is 5.59. The topological polar surface area (TPSA) is 49.3 Å². The van der Waals surface area contributed by atoms with Gasteiger partial charge < -0.3 is 14.9 Å². The summed E-state index contributed by atoms with van der Waals surface area (Å²) in [7, 11) is 4.17. The normalized spacial score (nSPS) is 11.9. The van der Waals surface area contributed by atoms with E-state index in [0.29, 0.717) is 0 Å². The van der Waals surface area contributed by atoms with Gasteiger partial charge in [-0.25, -0.2) is 0 Å². The van der Waals surface area contributed by atoms with E-state index < -0.39 is 0 Å². The number of nitrogens with zero attached hydrogens (tertiary/aromatic N) is 1. The number of carbonyl (C=O) groups is 1. The molecule has 0 unspecified atom stereocenters. The maximum atomic E-state index is 11.2. The molecule has 0 aliphatic carbocycles. The van der Waals surface area contributed by atoms with Crippen molar-refractivity contribution in [2.45, 2.75) is 20.3 Å². The molecule has 4 nitrogen and oxygen atoms in total. The first-order chi connectivity index (χ1) is 6.89. The van der Waals surface area contributed by atoms with Gasteiger partial charge in [-0.05, 0) is 0 Å². The molecule has 0 aliphatic heterocycles. The lowest BCUT2D eigenvalue weighted by Gasteiger charge is -2.28. The van der Waals surface area contributed by atoms with E-state index in [2.05, 4.69) is 19.4 Å². The van der Waals surface area contributed by atoms with Crippen molar-refractivity contribution in [2.24, 2.45) is 5.92 Å². The molecule has 1 amide bonds. The van der Waals surface area contributed by atoms with E-state index in [1.54, 1.807) is 0 Å². The number of aliphatic hydroxyl groups is 1. The SMILES string of the molecule is CC(C)C(=O)NCCC[N+](C)(C)CCO. The quantitative estimate of drug-likeness (QED) is 0.473. The molecule has 0 aromatic rings. The highest BCUT2D eigenvalue weighted by Crippen LogP contribution is 1.98. The van der Waals surface area contributed by atoms with Gasteiger partial charge in [0.1, 0.15) is 6.54 Å². The van der Waals surface area contributed by atoms with Crippen LogP contribution in [0.5, 0.6) is 0 Å². The average molecular weight is 217 g/mol. The maximum absolute atomic E-state index is 11.2. The minimum atomic E-state index is 0.0601. The number of rotatable bonds is 7. The van der Waals surface area contributed by atoms with Crippen LogP contribution in [0.15, 0.2) is 0 Å². The zero-order valence-corrected chi connectivity index (χ0v) is 10.4. The first-order valence-electron chi connectivity index (χ1n) is 5.59. The van der Waals surface area contributed by atoms with Crippen molar-refractivity contribution in [3.8, 4) is 0 Å². The molecule has 2 N–H and O–H groups in total. The Hall–Kier alpha value is -0.610. The number of quaternary nitrogens is 1. The van der Waals surface area contributed by atoms with Gasteiger partial charge in [-0.15, -0.1) is 0 Å². The molecule has 0 rings (SSSR count). The van der Waals surface area contributed by atoms with Crippen LogP contribution >= 0.6 is 0 Å². The monoisotopic (exact) mass is 217 g/mol. The minimum Gasteiger partial charge on any atom is -0.391 e. The van der Waals surface area contributed by atoms with Crippen LogP contribution in [0.2, 0.25) is 0 Å². The van der Waals surface area contributed by atoms with Crippen molar-refractivity contribution in [3.05, 3.63) is 0 Å². The third-order valence-corrected chi connectivity index (χ3v) is 2.47.